The van der Waals surface area contributed by atoms with E-state index in [9.17, 15) is 9.59 Å². The number of pyridine rings is 1. The zero-order chi connectivity index (χ0) is 18.0. The molecule has 0 radical (unpaired) electrons. The van der Waals surface area contributed by atoms with E-state index in [1.807, 2.05) is 6.07 Å². The molecule has 2 aromatic rings. The van der Waals surface area contributed by atoms with E-state index in [1.54, 1.807) is 12.3 Å². The summed E-state index contributed by atoms with van der Waals surface area (Å²) < 4.78 is 2.18. The second-order valence-corrected chi connectivity index (χ2v) is 9.10. The molecule has 2 aliphatic rings. The molecule has 0 aromatic carbocycles. The highest BCUT2D eigenvalue weighted by molar-refractivity contribution is 9.10. The summed E-state index contributed by atoms with van der Waals surface area (Å²) in [5.74, 6) is 0.316. The Labute approximate surface area is 155 Å². The quantitative estimate of drug-likeness (QED) is 0.835. The fraction of sp³-hybridized carbons (Fsp3) is 0.526. The minimum Gasteiger partial charge on any atom is -0.349 e. The molecule has 2 heterocycles. The Bertz CT molecular complexity index is 936. The molecule has 1 N–H and O–H groups in total. The van der Waals surface area contributed by atoms with Crippen LogP contribution >= 0.6 is 15.9 Å². The lowest BCUT2D eigenvalue weighted by Crippen LogP contribution is -2.48. The van der Waals surface area contributed by atoms with Gasteiger partial charge in [0.05, 0.1) is 0 Å². The molecule has 2 fully saturated rings. The van der Waals surface area contributed by atoms with Crippen molar-refractivity contribution in [3.63, 3.8) is 0 Å². The molecule has 1 amide bonds. The molecular formula is C19H22BrN3O2. The molecule has 2 aromatic heterocycles. The number of aromatic nitrogens is 2. The molecule has 5 nitrogen and oxygen atoms in total. The number of hydrogen-bond donors (Lipinski definition) is 1. The van der Waals surface area contributed by atoms with Gasteiger partial charge in [-0.1, -0.05) is 20.8 Å². The first kappa shape index (κ1) is 16.8. The van der Waals surface area contributed by atoms with Crippen molar-refractivity contribution in [2.45, 2.75) is 46.1 Å². The van der Waals surface area contributed by atoms with Crippen LogP contribution in [0, 0.1) is 16.7 Å². The van der Waals surface area contributed by atoms with E-state index >= 15 is 0 Å². The summed E-state index contributed by atoms with van der Waals surface area (Å²) in [6.45, 7) is 6.88. The second-order valence-electron chi connectivity index (χ2n) is 8.19. The Morgan fingerprint density at radius 1 is 1.36 bits per heavy atom. The van der Waals surface area contributed by atoms with Crippen LogP contribution in [0.3, 0.4) is 0 Å². The van der Waals surface area contributed by atoms with Gasteiger partial charge in [0.1, 0.15) is 11.2 Å². The van der Waals surface area contributed by atoms with E-state index < -0.39 is 0 Å². The Morgan fingerprint density at radius 2 is 2.12 bits per heavy atom. The minimum absolute atomic E-state index is 0.0802. The summed E-state index contributed by atoms with van der Waals surface area (Å²) in [6, 6.07) is 3.67. The van der Waals surface area contributed by atoms with Crippen LogP contribution in [-0.4, -0.2) is 21.3 Å². The Hall–Kier alpha value is -1.69. The molecule has 132 valence electrons. The number of fused-ring (bicyclic) bond motifs is 3. The van der Waals surface area contributed by atoms with E-state index in [1.165, 1.54) is 17.0 Å². The average molecular weight is 404 g/mol. The number of nitrogens with one attached hydrogen (secondary N) is 1. The van der Waals surface area contributed by atoms with Crippen LogP contribution in [0.4, 0.5) is 0 Å². The van der Waals surface area contributed by atoms with Crippen LogP contribution in [0.15, 0.2) is 33.8 Å². The van der Waals surface area contributed by atoms with Crippen molar-refractivity contribution in [3.8, 4) is 0 Å². The number of nitrogens with zero attached hydrogens (tertiary/aromatic N) is 2. The number of carbonyl (C=O) groups is 1. The summed E-state index contributed by atoms with van der Waals surface area (Å²) >= 11 is 3.35. The van der Waals surface area contributed by atoms with Crippen molar-refractivity contribution in [1.82, 2.24) is 14.7 Å². The summed E-state index contributed by atoms with van der Waals surface area (Å²) in [7, 11) is 0. The maximum absolute atomic E-state index is 12.8. The van der Waals surface area contributed by atoms with Crippen LogP contribution < -0.4 is 10.9 Å². The number of hydrogen-bond acceptors (Lipinski definition) is 3. The van der Waals surface area contributed by atoms with Crippen molar-refractivity contribution in [1.29, 1.82) is 0 Å². The van der Waals surface area contributed by atoms with Gasteiger partial charge in [0.15, 0.2) is 0 Å². The van der Waals surface area contributed by atoms with Gasteiger partial charge in [0.25, 0.3) is 11.5 Å². The fourth-order valence-corrected chi connectivity index (χ4v) is 5.20. The highest BCUT2D eigenvalue weighted by Gasteiger charge is 2.61. The predicted molar refractivity (Wildman–Crippen MR) is 99.6 cm³/mol. The van der Waals surface area contributed by atoms with Crippen LogP contribution in [0.5, 0.6) is 0 Å². The standard InChI is InChI=1S/C19H22BrN3O2/c1-18(2)11-6-7-19(18,3)14(8-11)22-16(24)13-9-21-15-5-4-12(20)10-23(15)17(13)25/h4-5,9-11,14H,6-8H2,1-3H3,(H,22,24)/t11-,14-,19-/m0/s1. The van der Waals surface area contributed by atoms with E-state index in [-0.39, 0.29) is 33.9 Å². The molecule has 2 saturated carbocycles. The molecule has 0 aliphatic heterocycles. The van der Waals surface area contributed by atoms with Crippen LogP contribution in [0.1, 0.15) is 50.4 Å². The van der Waals surface area contributed by atoms with Crippen LogP contribution in [0.25, 0.3) is 5.65 Å². The maximum Gasteiger partial charge on any atom is 0.270 e. The number of carbonyl (C=O) groups excluding carboxylic acids is 1. The summed E-state index contributed by atoms with van der Waals surface area (Å²) in [5, 5.41) is 3.14. The molecule has 0 saturated heterocycles. The van der Waals surface area contributed by atoms with Crippen LogP contribution in [-0.2, 0) is 0 Å². The summed E-state index contributed by atoms with van der Waals surface area (Å²) in [4.78, 5) is 29.8. The van der Waals surface area contributed by atoms with Gasteiger partial charge >= 0.3 is 0 Å². The third kappa shape index (κ3) is 2.30. The smallest absolute Gasteiger partial charge is 0.270 e. The minimum atomic E-state index is -0.337. The van der Waals surface area contributed by atoms with Gasteiger partial charge in [-0.2, -0.15) is 0 Å². The maximum atomic E-state index is 12.8. The highest BCUT2D eigenvalue weighted by Crippen LogP contribution is 2.65. The lowest BCUT2D eigenvalue weighted by atomic mass is 9.69. The largest absolute Gasteiger partial charge is 0.349 e. The van der Waals surface area contributed by atoms with E-state index in [0.717, 1.165) is 17.3 Å². The Morgan fingerprint density at radius 3 is 2.76 bits per heavy atom. The molecule has 6 heteroatoms. The molecule has 2 bridgehead atoms. The first-order valence-corrected chi connectivity index (χ1v) is 9.51. The van der Waals surface area contributed by atoms with Crippen molar-refractivity contribution >= 4 is 27.5 Å². The summed E-state index contributed by atoms with van der Waals surface area (Å²) in [6.07, 6.45) is 6.37. The van der Waals surface area contributed by atoms with Crippen molar-refractivity contribution < 1.29 is 4.79 Å². The number of rotatable bonds is 2. The normalized spacial score (nSPS) is 29.9. The van der Waals surface area contributed by atoms with Crippen molar-refractivity contribution in [2.24, 2.45) is 16.7 Å². The SMILES string of the molecule is CC1(C)[C@H]2CC[C@@]1(C)[C@@H](NC(=O)c1cnc3ccc(Br)cn3c1=O)C2. The van der Waals surface area contributed by atoms with E-state index in [2.05, 4.69) is 47.0 Å². The van der Waals surface area contributed by atoms with Gasteiger partial charge in [0.2, 0.25) is 0 Å². The molecule has 0 spiro atoms. The third-order valence-corrected chi connectivity index (χ3v) is 7.48. The fourth-order valence-electron chi connectivity index (χ4n) is 4.86. The lowest BCUT2D eigenvalue weighted by molar-refractivity contribution is 0.0824. The number of amides is 1. The van der Waals surface area contributed by atoms with Gasteiger partial charge in [-0.3, -0.25) is 14.0 Å². The average Bonchev–Trinajstić information content (AvgIpc) is 2.89. The van der Waals surface area contributed by atoms with Crippen LogP contribution in [0.2, 0.25) is 0 Å². The van der Waals surface area contributed by atoms with Gasteiger partial charge in [-0.05, 0) is 64.1 Å². The lowest BCUT2D eigenvalue weighted by Gasteiger charge is -2.39. The molecular weight excluding hydrogens is 382 g/mol. The van der Waals surface area contributed by atoms with E-state index in [0.29, 0.717) is 11.6 Å². The van der Waals surface area contributed by atoms with E-state index in [4.69, 9.17) is 0 Å². The summed E-state index contributed by atoms with van der Waals surface area (Å²) in [5.41, 5.74) is 0.581. The molecule has 3 atom stereocenters. The highest BCUT2D eigenvalue weighted by atomic mass is 79.9. The van der Waals surface area contributed by atoms with Gasteiger partial charge in [-0.25, -0.2) is 4.98 Å². The zero-order valence-corrected chi connectivity index (χ0v) is 16.3. The van der Waals surface area contributed by atoms with Crippen molar-refractivity contribution in [2.75, 3.05) is 0 Å². The third-order valence-electron chi connectivity index (χ3n) is 7.01. The topological polar surface area (TPSA) is 63.5 Å². The van der Waals surface area contributed by atoms with Gasteiger partial charge in [0, 0.05) is 22.9 Å². The molecule has 2 aliphatic carbocycles. The second kappa shape index (κ2) is 5.40. The van der Waals surface area contributed by atoms with Gasteiger partial charge < -0.3 is 5.32 Å². The first-order valence-electron chi connectivity index (χ1n) is 8.72. The number of halogens is 1. The molecule has 0 unspecified atom stereocenters. The molecule has 25 heavy (non-hydrogen) atoms. The zero-order valence-electron chi connectivity index (χ0n) is 14.7. The predicted octanol–water partition coefficient (Wildman–Crippen LogP) is 3.40. The Balaban J connectivity index is 1.66. The van der Waals surface area contributed by atoms with Crippen molar-refractivity contribution in [3.05, 3.63) is 44.9 Å². The molecule has 4 rings (SSSR count). The monoisotopic (exact) mass is 403 g/mol. The van der Waals surface area contributed by atoms with Gasteiger partial charge in [-0.15, -0.1) is 0 Å². The first-order chi connectivity index (χ1) is 11.7. The Kier molecular flexibility index (Phi) is 3.62.